The van der Waals surface area contributed by atoms with Crippen molar-refractivity contribution in [1.82, 2.24) is 14.1 Å². The fourth-order valence-corrected chi connectivity index (χ4v) is 4.85. The summed E-state index contributed by atoms with van der Waals surface area (Å²) in [6.07, 6.45) is 0.416. The summed E-state index contributed by atoms with van der Waals surface area (Å²) in [5, 5.41) is 10.8. The number of nitrogens with zero attached hydrogens (tertiary/aromatic N) is 3. The van der Waals surface area contributed by atoms with E-state index in [0.717, 1.165) is 38.3 Å². The monoisotopic (exact) mass is 357 g/mol. The summed E-state index contributed by atoms with van der Waals surface area (Å²) >= 11 is 0. The van der Waals surface area contributed by atoms with Crippen molar-refractivity contribution < 1.29 is 17.9 Å². The Morgan fingerprint density at radius 2 is 1.75 bits per heavy atom. The second kappa shape index (κ2) is 6.68. The molecule has 1 aromatic carbocycles. The van der Waals surface area contributed by atoms with Gasteiger partial charge in [0.05, 0.1) is 10.5 Å². The molecule has 2 aliphatic heterocycles. The Kier molecular flexibility index (Phi) is 4.94. The molecule has 1 atom stereocenters. The van der Waals surface area contributed by atoms with Crippen LogP contribution in [0.4, 0.5) is 4.39 Å². The van der Waals surface area contributed by atoms with Crippen LogP contribution in [0.5, 0.6) is 0 Å². The molecule has 0 radical (unpaired) electrons. The molecule has 1 aromatic rings. The molecular formula is C16H24FN3O3S. The van der Waals surface area contributed by atoms with Gasteiger partial charge in [-0.25, -0.2) is 12.8 Å². The van der Waals surface area contributed by atoms with Gasteiger partial charge in [0, 0.05) is 45.8 Å². The first-order valence-electron chi connectivity index (χ1n) is 8.18. The van der Waals surface area contributed by atoms with Crippen LogP contribution in [-0.4, -0.2) is 86.1 Å². The molecule has 6 nitrogen and oxygen atoms in total. The molecule has 0 unspecified atom stereocenters. The molecule has 0 amide bonds. The lowest BCUT2D eigenvalue weighted by atomic mass is 10.0. The summed E-state index contributed by atoms with van der Waals surface area (Å²) in [5.74, 6) is -0.470. The van der Waals surface area contributed by atoms with Crippen LogP contribution in [0.15, 0.2) is 29.2 Å². The zero-order chi connectivity index (χ0) is 17.4. The second-order valence-electron chi connectivity index (χ2n) is 6.85. The maximum atomic E-state index is 13.0. The molecular weight excluding hydrogens is 333 g/mol. The third-order valence-corrected chi connectivity index (χ3v) is 6.72. The fourth-order valence-electron chi connectivity index (χ4n) is 3.33. The SMILES string of the molecule is CN1CCN(C[C@@]2(O)CCN(S(=O)(=O)c3ccc(F)cc3)C2)CC1. The lowest BCUT2D eigenvalue weighted by Crippen LogP contribution is -2.52. The highest BCUT2D eigenvalue weighted by atomic mass is 32.2. The molecule has 1 N–H and O–H groups in total. The van der Waals surface area contributed by atoms with E-state index in [1.165, 1.54) is 16.4 Å². The van der Waals surface area contributed by atoms with Crippen LogP contribution < -0.4 is 0 Å². The normalized spacial score (nSPS) is 27.6. The van der Waals surface area contributed by atoms with E-state index in [9.17, 15) is 17.9 Å². The Hall–Kier alpha value is -1.06. The van der Waals surface area contributed by atoms with Gasteiger partial charge in [-0.3, -0.25) is 4.90 Å². The molecule has 134 valence electrons. The van der Waals surface area contributed by atoms with E-state index in [4.69, 9.17) is 0 Å². The maximum absolute atomic E-state index is 13.0. The number of piperazine rings is 1. The molecule has 24 heavy (non-hydrogen) atoms. The highest BCUT2D eigenvalue weighted by Gasteiger charge is 2.42. The summed E-state index contributed by atoms with van der Waals surface area (Å²) in [6, 6.07) is 4.81. The first-order valence-corrected chi connectivity index (χ1v) is 9.62. The van der Waals surface area contributed by atoms with E-state index in [1.807, 2.05) is 0 Å². The largest absolute Gasteiger partial charge is 0.387 e. The van der Waals surface area contributed by atoms with E-state index in [-0.39, 0.29) is 18.0 Å². The Labute approximate surface area is 142 Å². The Balaban J connectivity index is 1.66. The van der Waals surface area contributed by atoms with E-state index >= 15 is 0 Å². The smallest absolute Gasteiger partial charge is 0.243 e. The quantitative estimate of drug-likeness (QED) is 0.834. The topological polar surface area (TPSA) is 64.1 Å². The summed E-state index contributed by atoms with van der Waals surface area (Å²) in [7, 11) is -1.63. The third kappa shape index (κ3) is 3.78. The van der Waals surface area contributed by atoms with Crippen LogP contribution in [0, 0.1) is 5.82 Å². The number of β-amino-alcohol motifs (C(OH)–C–C–N with tert-alkyl or cyclic N) is 1. The third-order valence-electron chi connectivity index (χ3n) is 4.86. The van der Waals surface area contributed by atoms with Crippen molar-refractivity contribution >= 4 is 10.0 Å². The summed E-state index contributed by atoms with van der Waals surface area (Å²) in [4.78, 5) is 4.49. The van der Waals surface area contributed by atoms with Crippen molar-refractivity contribution in [2.45, 2.75) is 16.9 Å². The fraction of sp³-hybridized carbons (Fsp3) is 0.625. The minimum atomic E-state index is -3.70. The van der Waals surface area contributed by atoms with Gasteiger partial charge in [-0.2, -0.15) is 4.31 Å². The van der Waals surface area contributed by atoms with Gasteiger partial charge in [0.2, 0.25) is 10.0 Å². The first kappa shape index (κ1) is 17.8. The first-order chi connectivity index (χ1) is 11.3. The van der Waals surface area contributed by atoms with Crippen molar-refractivity contribution in [3.63, 3.8) is 0 Å². The molecule has 2 saturated heterocycles. The molecule has 0 aliphatic carbocycles. The van der Waals surface area contributed by atoms with Crippen LogP contribution in [0.3, 0.4) is 0 Å². The van der Waals surface area contributed by atoms with Gasteiger partial charge >= 0.3 is 0 Å². The van der Waals surface area contributed by atoms with Crippen LogP contribution in [0.25, 0.3) is 0 Å². The van der Waals surface area contributed by atoms with Gasteiger partial charge < -0.3 is 10.0 Å². The number of rotatable bonds is 4. The number of aliphatic hydroxyl groups is 1. The van der Waals surface area contributed by atoms with E-state index < -0.39 is 21.4 Å². The van der Waals surface area contributed by atoms with Gasteiger partial charge in [-0.1, -0.05) is 0 Å². The molecule has 0 bridgehead atoms. The standard InChI is InChI=1S/C16H24FN3O3S/c1-18-8-10-19(11-9-18)12-16(21)6-7-20(13-16)24(22,23)15-4-2-14(17)3-5-15/h2-5,21H,6-13H2,1H3/t16-/m0/s1. The number of hydrogen-bond donors (Lipinski definition) is 1. The molecule has 2 fully saturated rings. The van der Waals surface area contributed by atoms with Crippen molar-refractivity contribution in [3.05, 3.63) is 30.1 Å². The van der Waals surface area contributed by atoms with E-state index in [2.05, 4.69) is 16.8 Å². The molecule has 2 heterocycles. The van der Waals surface area contributed by atoms with E-state index in [1.54, 1.807) is 0 Å². The second-order valence-corrected chi connectivity index (χ2v) is 8.78. The average molecular weight is 357 g/mol. The minimum absolute atomic E-state index is 0.0627. The van der Waals surface area contributed by atoms with Gasteiger partial charge in [-0.15, -0.1) is 0 Å². The van der Waals surface area contributed by atoms with Crippen molar-refractivity contribution in [3.8, 4) is 0 Å². The lowest BCUT2D eigenvalue weighted by molar-refractivity contribution is 0.00424. The van der Waals surface area contributed by atoms with Gasteiger partial charge in [0.15, 0.2) is 0 Å². The highest BCUT2D eigenvalue weighted by molar-refractivity contribution is 7.89. The lowest BCUT2D eigenvalue weighted by Gasteiger charge is -2.36. The average Bonchev–Trinajstić information content (AvgIpc) is 2.93. The van der Waals surface area contributed by atoms with Crippen LogP contribution in [0.2, 0.25) is 0 Å². The Morgan fingerprint density at radius 3 is 2.38 bits per heavy atom. The molecule has 2 aliphatic rings. The maximum Gasteiger partial charge on any atom is 0.243 e. The van der Waals surface area contributed by atoms with E-state index in [0.29, 0.717) is 13.0 Å². The number of likely N-dealkylation sites (N-methyl/N-ethyl adjacent to an activating group) is 1. The minimum Gasteiger partial charge on any atom is -0.387 e. The van der Waals surface area contributed by atoms with Crippen molar-refractivity contribution in [1.29, 1.82) is 0 Å². The molecule has 8 heteroatoms. The summed E-state index contributed by atoms with van der Waals surface area (Å²) in [5.41, 5.74) is -1.02. The predicted molar refractivity (Wildman–Crippen MR) is 88.7 cm³/mol. The van der Waals surface area contributed by atoms with Crippen molar-refractivity contribution in [2.24, 2.45) is 0 Å². The number of halogens is 1. The Bertz CT molecular complexity index is 674. The zero-order valence-electron chi connectivity index (χ0n) is 13.9. The van der Waals surface area contributed by atoms with Gasteiger partial charge in [0.1, 0.15) is 5.82 Å². The number of hydrogen-bond acceptors (Lipinski definition) is 5. The summed E-state index contributed by atoms with van der Waals surface area (Å²) < 4.78 is 39.6. The molecule has 0 aromatic heterocycles. The molecule has 0 spiro atoms. The Morgan fingerprint density at radius 1 is 1.12 bits per heavy atom. The number of benzene rings is 1. The van der Waals surface area contributed by atoms with Crippen LogP contribution in [0.1, 0.15) is 6.42 Å². The van der Waals surface area contributed by atoms with Gasteiger partial charge in [0.25, 0.3) is 0 Å². The number of sulfonamides is 1. The van der Waals surface area contributed by atoms with Crippen LogP contribution >= 0.6 is 0 Å². The predicted octanol–water partition coefficient (Wildman–Crippen LogP) is 0.199. The molecule has 3 rings (SSSR count). The highest BCUT2D eigenvalue weighted by Crippen LogP contribution is 2.28. The van der Waals surface area contributed by atoms with Crippen molar-refractivity contribution in [2.75, 3.05) is 52.9 Å². The van der Waals surface area contributed by atoms with Gasteiger partial charge in [-0.05, 0) is 37.7 Å². The van der Waals surface area contributed by atoms with Crippen LogP contribution in [-0.2, 0) is 10.0 Å². The molecule has 0 saturated carbocycles. The summed E-state index contributed by atoms with van der Waals surface area (Å²) in [6.45, 7) is 4.51. The zero-order valence-corrected chi connectivity index (χ0v) is 14.7.